The van der Waals surface area contributed by atoms with E-state index >= 15 is 0 Å². The highest BCUT2D eigenvalue weighted by atomic mass is 16.4. The Kier molecular flexibility index (Phi) is 3.61. The number of rotatable bonds is 4. The van der Waals surface area contributed by atoms with Crippen LogP contribution in [0.5, 0.6) is 0 Å². The Morgan fingerprint density at radius 3 is 2.94 bits per heavy atom. The topological polar surface area (TPSA) is 108 Å². The highest BCUT2D eigenvalue weighted by Crippen LogP contribution is 2.28. The molecule has 1 saturated carbocycles. The van der Waals surface area contributed by atoms with Crippen LogP contribution in [-0.2, 0) is 0 Å². The Labute approximate surface area is 105 Å². The second-order valence-corrected chi connectivity index (χ2v) is 4.60. The molecular formula is C11H17N5O2. The average molecular weight is 251 g/mol. The lowest BCUT2D eigenvalue weighted by Crippen LogP contribution is -2.37. The van der Waals surface area contributed by atoms with Crippen molar-refractivity contribution in [3.63, 3.8) is 0 Å². The van der Waals surface area contributed by atoms with E-state index in [0.717, 1.165) is 19.4 Å². The number of aliphatic hydroxyl groups excluding tert-OH is 1. The van der Waals surface area contributed by atoms with Crippen LogP contribution in [-0.4, -0.2) is 45.8 Å². The monoisotopic (exact) mass is 251 g/mol. The molecular weight excluding hydrogens is 234 g/mol. The molecule has 1 aliphatic carbocycles. The summed E-state index contributed by atoms with van der Waals surface area (Å²) in [5, 5.41) is 20.8. The normalized spacial score (nSPS) is 23.6. The fraction of sp³-hybridized carbons (Fsp3) is 0.545. The van der Waals surface area contributed by atoms with Crippen molar-refractivity contribution in [2.75, 3.05) is 18.5 Å². The van der Waals surface area contributed by atoms with Crippen molar-refractivity contribution in [1.82, 2.24) is 9.97 Å². The molecule has 0 unspecified atom stereocenters. The molecule has 4 N–H and O–H groups in total. The molecule has 1 aromatic heterocycles. The lowest BCUT2D eigenvalue weighted by Gasteiger charge is -2.34. The maximum absolute atomic E-state index is 9.24. The van der Waals surface area contributed by atoms with Gasteiger partial charge in [0.25, 0.3) is 0 Å². The van der Waals surface area contributed by atoms with Crippen molar-refractivity contribution in [3.8, 4) is 0 Å². The summed E-state index contributed by atoms with van der Waals surface area (Å²) >= 11 is 0. The van der Waals surface area contributed by atoms with Gasteiger partial charge in [-0.3, -0.25) is 0 Å². The van der Waals surface area contributed by atoms with E-state index in [-0.39, 0.29) is 11.9 Å². The van der Waals surface area contributed by atoms with Gasteiger partial charge in [0.2, 0.25) is 5.95 Å². The molecule has 0 spiro atoms. The Bertz CT molecular complexity index is 445. The third-order valence-corrected chi connectivity index (χ3v) is 3.10. The maximum Gasteiger partial charge on any atom is 0.225 e. The van der Waals surface area contributed by atoms with Crippen LogP contribution < -0.4 is 10.6 Å². The van der Waals surface area contributed by atoms with E-state index in [4.69, 9.17) is 10.9 Å². The number of hydrogen-bond donors (Lipinski definition) is 3. The van der Waals surface area contributed by atoms with Gasteiger partial charge in [0.15, 0.2) is 5.84 Å². The highest BCUT2D eigenvalue weighted by Gasteiger charge is 2.28. The van der Waals surface area contributed by atoms with Gasteiger partial charge in [-0.15, -0.1) is 0 Å². The van der Waals surface area contributed by atoms with Gasteiger partial charge in [-0.05, 0) is 24.8 Å². The molecule has 0 saturated heterocycles. The molecule has 1 heterocycles. The molecule has 1 fully saturated rings. The predicted octanol–water partition coefficient (Wildman–Crippen LogP) is -0.222. The van der Waals surface area contributed by atoms with Crippen molar-refractivity contribution in [3.05, 3.63) is 18.0 Å². The summed E-state index contributed by atoms with van der Waals surface area (Å²) in [7, 11) is 1.89. The molecule has 0 radical (unpaired) electrons. The van der Waals surface area contributed by atoms with Gasteiger partial charge in [-0.25, -0.2) is 9.97 Å². The zero-order valence-electron chi connectivity index (χ0n) is 10.2. The van der Waals surface area contributed by atoms with E-state index in [1.807, 2.05) is 11.9 Å². The molecule has 7 nitrogen and oxygen atoms in total. The molecule has 98 valence electrons. The summed E-state index contributed by atoms with van der Waals surface area (Å²) in [5.74, 6) is 0.965. The Morgan fingerprint density at radius 1 is 1.61 bits per heavy atom. The van der Waals surface area contributed by atoms with E-state index in [9.17, 15) is 5.11 Å². The fourth-order valence-corrected chi connectivity index (χ4v) is 2.04. The third kappa shape index (κ3) is 2.67. The second kappa shape index (κ2) is 5.18. The Morgan fingerprint density at radius 2 is 2.33 bits per heavy atom. The first-order chi connectivity index (χ1) is 8.60. The zero-order valence-corrected chi connectivity index (χ0v) is 10.2. The van der Waals surface area contributed by atoms with Gasteiger partial charge in [-0.1, -0.05) is 5.16 Å². The predicted molar refractivity (Wildman–Crippen MR) is 66.5 cm³/mol. The van der Waals surface area contributed by atoms with Crippen LogP contribution in [0.15, 0.2) is 17.4 Å². The van der Waals surface area contributed by atoms with Gasteiger partial charge in [0.05, 0.1) is 6.10 Å². The first kappa shape index (κ1) is 12.6. The molecule has 0 bridgehead atoms. The van der Waals surface area contributed by atoms with Crippen LogP contribution in [0.3, 0.4) is 0 Å². The summed E-state index contributed by atoms with van der Waals surface area (Å²) in [6, 6.07) is 1.58. The van der Waals surface area contributed by atoms with E-state index in [1.165, 1.54) is 0 Å². The van der Waals surface area contributed by atoms with Crippen molar-refractivity contribution in [1.29, 1.82) is 0 Å². The van der Waals surface area contributed by atoms with Gasteiger partial charge in [-0.2, -0.15) is 0 Å². The molecule has 1 aliphatic rings. The second-order valence-electron chi connectivity index (χ2n) is 4.60. The van der Waals surface area contributed by atoms with E-state index in [1.54, 1.807) is 12.3 Å². The third-order valence-electron chi connectivity index (χ3n) is 3.10. The number of aliphatic hydroxyl groups is 1. The number of amidine groups is 1. The van der Waals surface area contributed by atoms with Gasteiger partial charge in [0, 0.05) is 19.8 Å². The van der Waals surface area contributed by atoms with Crippen molar-refractivity contribution in [2.24, 2.45) is 16.8 Å². The number of aromatic nitrogens is 2. The molecule has 1 aromatic rings. The van der Waals surface area contributed by atoms with Gasteiger partial charge < -0.3 is 20.9 Å². The van der Waals surface area contributed by atoms with E-state index in [0.29, 0.717) is 17.6 Å². The quantitative estimate of drug-likeness (QED) is 0.295. The lowest BCUT2D eigenvalue weighted by molar-refractivity contribution is 0.0463. The Hall–Kier alpha value is -1.89. The molecule has 2 rings (SSSR count). The van der Waals surface area contributed by atoms with Crippen molar-refractivity contribution >= 4 is 11.8 Å². The number of nitrogens with zero attached hydrogens (tertiary/aromatic N) is 4. The van der Waals surface area contributed by atoms with Crippen molar-refractivity contribution in [2.45, 2.75) is 18.9 Å². The first-order valence-electron chi connectivity index (χ1n) is 5.80. The number of hydrogen-bond acceptors (Lipinski definition) is 6. The Balaban J connectivity index is 2.03. The minimum atomic E-state index is -0.159. The van der Waals surface area contributed by atoms with Crippen LogP contribution >= 0.6 is 0 Å². The molecule has 0 atom stereocenters. The van der Waals surface area contributed by atoms with Crippen LogP contribution in [0.1, 0.15) is 18.5 Å². The smallest absolute Gasteiger partial charge is 0.225 e. The molecule has 0 aliphatic heterocycles. The summed E-state index contributed by atoms with van der Waals surface area (Å²) < 4.78 is 0. The SMILES string of the molecule is CN(CC1CC(O)C1)c1nccc(/C(N)=N/O)n1. The summed E-state index contributed by atoms with van der Waals surface area (Å²) in [6.07, 6.45) is 3.06. The summed E-state index contributed by atoms with van der Waals surface area (Å²) in [6.45, 7) is 0.788. The molecule has 18 heavy (non-hydrogen) atoms. The summed E-state index contributed by atoms with van der Waals surface area (Å²) in [5.41, 5.74) is 5.87. The molecule has 7 heteroatoms. The van der Waals surface area contributed by atoms with E-state index in [2.05, 4.69) is 15.1 Å². The first-order valence-corrected chi connectivity index (χ1v) is 5.80. The maximum atomic E-state index is 9.24. The number of oxime groups is 1. The van der Waals surface area contributed by atoms with Crippen LogP contribution in [0.25, 0.3) is 0 Å². The molecule has 0 amide bonds. The van der Waals surface area contributed by atoms with Crippen LogP contribution in [0, 0.1) is 5.92 Å². The zero-order chi connectivity index (χ0) is 13.1. The molecule has 0 aromatic carbocycles. The number of nitrogens with two attached hydrogens (primary N) is 1. The lowest BCUT2D eigenvalue weighted by atomic mass is 9.82. The van der Waals surface area contributed by atoms with E-state index < -0.39 is 0 Å². The highest BCUT2D eigenvalue weighted by molar-refractivity contribution is 5.95. The van der Waals surface area contributed by atoms with Crippen molar-refractivity contribution < 1.29 is 10.3 Å². The van der Waals surface area contributed by atoms with Crippen LogP contribution in [0.4, 0.5) is 5.95 Å². The largest absolute Gasteiger partial charge is 0.409 e. The fourth-order valence-electron chi connectivity index (χ4n) is 2.04. The minimum Gasteiger partial charge on any atom is -0.409 e. The minimum absolute atomic E-state index is 0.0360. The average Bonchev–Trinajstić information content (AvgIpc) is 2.36. The van der Waals surface area contributed by atoms with Crippen LogP contribution in [0.2, 0.25) is 0 Å². The number of anilines is 1. The summed E-state index contributed by atoms with van der Waals surface area (Å²) in [4.78, 5) is 10.3. The van der Waals surface area contributed by atoms with Gasteiger partial charge in [0.1, 0.15) is 5.69 Å². The van der Waals surface area contributed by atoms with Gasteiger partial charge >= 0.3 is 0 Å². The standard InChI is InChI=1S/C11H17N5O2/c1-16(6-7-4-8(17)5-7)11-13-3-2-9(14-11)10(12)15-18/h2-3,7-8,17-18H,4-6H2,1H3,(H2,12,15).